The first kappa shape index (κ1) is 18.7. The fourth-order valence-electron chi connectivity index (χ4n) is 2.50. The van der Waals surface area contributed by atoms with Gasteiger partial charge >= 0.3 is 0 Å². The van der Waals surface area contributed by atoms with E-state index in [1.807, 2.05) is 6.07 Å². The van der Waals surface area contributed by atoms with Crippen molar-refractivity contribution >= 4 is 23.1 Å². The van der Waals surface area contributed by atoms with Crippen LogP contribution in [0.1, 0.15) is 15.9 Å². The number of methoxy groups -OCH3 is 2. The van der Waals surface area contributed by atoms with E-state index in [-0.39, 0.29) is 5.91 Å². The molecule has 0 spiro atoms. The lowest BCUT2D eigenvalue weighted by Gasteiger charge is -2.10. The van der Waals surface area contributed by atoms with Gasteiger partial charge in [0.2, 0.25) is 0 Å². The second kappa shape index (κ2) is 8.56. The van der Waals surface area contributed by atoms with Gasteiger partial charge in [-0.1, -0.05) is 6.07 Å². The average molecular weight is 374 g/mol. The highest BCUT2D eigenvalue weighted by Crippen LogP contribution is 2.23. The minimum Gasteiger partial charge on any atom is -0.497 e. The third-order valence-electron chi connectivity index (χ3n) is 3.90. The largest absolute Gasteiger partial charge is 0.497 e. The average Bonchev–Trinajstić information content (AvgIpc) is 2.74. The Labute approximate surface area is 162 Å². The normalized spacial score (nSPS) is 9.89. The van der Waals surface area contributed by atoms with Crippen LogP contribution in [0.2, 0.25) is 0 Å². The number of nitrogens with one attached hydrogen (secondary N) is 2. The van der Waals surface area contributed by atoms with E-state index in [1.54, 1.807) is 54.7 Å². The molecule has 2 N–H and O–H groups in total. The Hall–Kier alpha value is -4.05. The van der Waals surface area contributed by atoms with Crippen molar-refractivity contribution in [1.82, 2.24) is 4.98 Å². The predicted octanol–water partition coefficient (Wildman–Crippen LogP) is 3.97. The highest BCUT2D eigenvalue weighted by atomic mass is 16.5. The number of anilines is 3. The molecule has 0 aliphatic carbocycles. The molecule has 28 heavy (non-hydrogen) atoms. The molecule has 1 aromatic heterocycles. The molecule has 140 valence electrons. The van der Waals surface area contributed by atoms with Gasteiger partial charge in [-0.2, -0.15) is 5.26 Å². The van der Waals surface area contributed by atoms with Gasteiger partial charge in [0.15, 0.2) is 0 Å². The van der Waals surface area contributed by atoms with Gasteiger partial charge in [0.05, 0.1) is 37.7 Å². The third-order valence-corrected chi connectivity index (χ3v) is 3.90. The molecule has 0 bridgehead atoms. The summed E-state index contributed by atoms with van der Waals surface area (Å²) in [6.07, 6.45) is 1.60. The molecular formula is C21H18N4O3. The first-order valence-electron chi connectivity index (χ1n) is 8.39. The van der Waals surface area contributed by atoms with E-state index in [2.05, 4.69) is 21.7 Å². The van der Waals surface area contributed by atoms with E-state index in [4.69, 9.17) is 14.7 Å². The lowest BCUT2D eigenvalue weighted by Crippen LogP contribution is -2.13. The molecule has 0 aliphatic heterocycles. The summed E-state index contributed by atoms with van der Waals surface area (Å²) in [7, 11) is 3.05. The van der Waals surface area contributed by atoms with Gasteiger partial charge in [0, 0.05) is 17.3 Å². The van der Waals surface area contributed by atoms with Gasteiger partial charge in [0.1, 0.15) is 17.3 Å². The van der Waals surface area contributed by atoms with Crippen LogP contribution in [0.5, 0.6) is 11.5 Å². The molecule has 3 rings (SSSR count). The molecule has 0 fully saturated rings. The molecule has 0 saturated heterocycles. The zero-order chi connectivity index (χ0) is 19.9. The van der Waals surface area contributed by atoms with Crippen molar-refractivity contribution in [2.24, 2.45) is 0 Å². The maximum Gasteiger partial charge on any atom is 0.257 e. The molecule has 0 radical (unpaired) electrons. The van der Waals surface area contributed by atoms with Gasteiger partial charge < -0.3 is 20.1 Å². The summed E-state index contributed by atoms with van der Waals surface area (Å²) < 4.78 is 10.4. The van der Waals surface area contributed by atoms with Crippen LogP contribution in [0.15, 0.2) is 60.8 Å². The van der Waals surface area contributed by atoms with Crippen molar-refractivity contribution in [1.29, 1.82) is 5.26 Å². The Morgan fingerprint density at radius 1 is 1.00 bits per heavy atom. The second-order valence-electron chi connectivity index (χ2n) is 5.81. The number of amides is 1. The summed E-state index contributed by atoms with van der Waals surface area (Å²) in [6, 6.07) is 17.6. The van der Waals surface area contributed by atoms with Gasteiger partial charge in [0.25, 0.3) is 5.91 Å². The first-order chi connectivity index (χ1) is 13.6. The van der Waals surface area contributed by atoms with Crippen LogP contribution in [0.4, 0.5) is 17.2 Å². The Kier molecular flexibility index (Phi) is 5.72. The zero-order valence-electron chi connectivity index (χ0n) is 15.4. The fraction of sp³-hybridized carbons (Fsp3) is 0.0952. The van der Waals surface area contributed by atoms with Gasteiger partial charge in [-0.15, -0.1) is 0 Å². The lowest BCUT2D eigenvalue weighted by molar-refractivity contribution is 0.102. The van der Waals surface area contributed by atoms with Crippen molar-refractivity contribution in [3.8, 4) is 17.6 Å². The summed E-state index contributed by atoms with van der Waals surface area (Å²) >= 11 is 0. The van der Waals surface area contributed by atoms with Crippen LogP contribution < -0.4 is 20.1 Å². The van der Waals surface area contributed by atoms with Crippen molar-refractivity contribution < 1.29 is 14.3 Å². The van der Waals surface area contributed by atoms with Crippen LogP contribution in [-0.4, -0.2) is 25.1 Å². The highest BCUT2D eigenvalue weighted by molar-refractivity contribution is 6.04. The Morgan fingerprint density at radius 3 is 2.36 bits per heavy atom. The maximum atomic E-state index is 12.5. The molecule has 0 aliphatic rings. The summed E-state index contributed by atoms with van der Waals surface area (Å²) in [6.45, 7) is 0. The first-order valence-corrected chi connectivity index (χ1v) is 8.39. The van der Waals surface area contributed by atoms with Crippen molar-refractivity contribution in [3.05, 3.63) is 71.9 Å². The van der Waals surface area contributed by atoms with E-state index < -0.39 is 0 Å². The minimum atomic E-state index is -0.327. The fourth-order valence-corrected chi connectivity index (χ4v) is 2.50. The molecule has 1 heterocycles. The Morgan fingerprint density at radius 2 is 1.75 bits per heavy atom. The number of ether oxygens (including phenoxy) is 2. The quantitative estimate of drug-likeness (QED) is 0.678. The number of hydrogen-bond acceptors (Lipinski definition) is 6. The molecule has 7 nitrogen and oxygen atoms in total. The number of rotatable bonds is 6. The van der Waals surface area contributed by atoms with E-state index >= 15 is 0 Å². The van der Waals surface area contributed by atoms with E-state index in [1.165, 1.54) is 14.2 Å². The topological polar surface area (TPSA) is 96.3 Å². The number of aromatic nitrogens is 1. The molecule has 3 aromatic rings. The number of nitriles is 1. The smallest absolute Gasteiger partial charge is 0.257 e. The van der Waals surface area contributed by atoms with Crippen LogP contribution >= 0.6 is 0 Å². The summed E-state index contributed by atoms with van der Waals surface area (Å²) in [5.74, 6) is 1.13. The number of carbonyl (C=O) groups excluding carboxylic acids is 1. The van der Waals surface area contributed by atoms with Crippen LogP contribution in [0, 0.1) is 11.3 Å². The van der Waals surface area contributed by atoms with Crippen molar-refractivity contribution in [3.63, 3.8) is 0 Å². The van der Waals surface area contributed by atoms with Crippen molar-refractivity contribution in [2.75, 3.05) is 24.9 Å². The van der Waals surface area contributed by atoms with E-state index in [0.29, 0.717) is 28.4 Å². The Bertz CT molecular complexity index is 1000. The maximum absolute atomic E-state index is 12.5. The highest BCUT2D eigenvalue weighted by Gasteiger charge is 2.11. The molecule has 0 atom stereocenters. The number of carbonyl (C=O) groups is 1. The minimum absolute atomic E-state index is 0.327. The molecular weight excluding hydrogens is 356 g/mol. The number of benzene rings is 2. The van der Waals surface area contributed by atoms with Crippen LogP contribution in [0.3, 0.4) is 0 Å². The third kappa shape index (κ3) is 4.56. The molecule has 0 unspecified atom stereocenters. The number of hydrogen-bond donors (Lipinski definition) is 2. The molecule has 2 aromatic carbocycles. The SMILES string of the molecule is COc1cc(OC)cc(C(=O)Nc2ccc(Nc3cccc(C#N)c3)cn2)c1. The van der Waals surface area contributed by atoms with Gasteiger partial charge in [-0.3, -0.25) is 4.79 Å². The van der Waals surface area contributed by atoms with Gasteiger partial charge in [-0.25, -0.2) is 4.98 Å². The monoisotopic (exact) mass is 374 g/mol. The zero-order valence-corrected chi connectivity index (χ0v) is 15.4. The molecule has 1 amide bonds. The van der Waals surface area contributed by atoms with Gasteiger partial charge in [-0.05, 0) is 42.5 Å². The number of pyridine rings is 1. The summed E-state index contributed by atoms with van der Waals surface area (Å²) in [4.78, 5) is 16.7. The summed E-state index contributed by atoms with van der Waals surface area (Å²) in [5, 5.41) is 14.9. The van der Waals surface area contributed by atoms with Crippen LogP contribution in [-0.2, 0) is 0 Å². The molecule has 0 saturated carbocycles. The Balaban J connectivity index is 1.70. The number of nitrogens with zero attached hydrogens (tertiary/aromatic N) is 2. The lowest BCUT2D eigenvalue weighted by atomic mass is 10.2. The standard InChI is InChI=1S/C21H18N4O3/c1-27-18-9-15(10-19(11-18)28-2)21(26)25-20-7-6-17(13-23-20)24-16-5-3-4-14(8-16)12-22/h3-11,13,24H,1-2H3,(H,23,25,26). The van der Waals surface area contributed by atoms with Crippen molar-refractivity contribution in [2.45, 2.75) is 0 Å². The second-order valence-corrected chi connectivity index (χ2v) is 5.81. The predicted molar refractivity (Wildman–Crippen MR) is 106 cm³/mol. The molecule has 7 heteroatoms. The van der Waals surface area contributed by atoms with Crippen LogP contribution in [0.25, 0.3) is 0 Å². The van der Waals surface area contributed by atoms with E-state index in [9.17, 15) is 4.79 Å². The summed E-state index contributed by atoms with van der Waals surface area (Å²) in [5.41, 5.74) is 2.47. The van der Waals surface area contributed by atoms with E-state index in [0.717, 1.165) is 11.4 Å².